The van der Waals surface area contributed by atoms with Crippen molar-refractivity contribution in [3.8, 4) is 17.5 Å². The third-order valence-electron chi connectivity index (χ3n) is 5.14. The lowest BCUT2D eigenvalue weighted by Gasteiger charge is -2.30. The van der Waals surface area contributed by atoms with Crippen LogP contribution >= 0.6 is 11.8 Å². The number of hydrogen-bond donors (Lipinski definition) is 0. The number of nitrogens with zero attached hydrogens (tertiary/aromatic N) is 4. The van der Waals surface area contributed by atoms with Crippen LogP contribution in [-0.2, 0) is 16.8 Å². The molecule has 1 unspecified atom stereocenters. The number of aromatic nitrogens is 2. The summed E-state index contributed by atoms with van der Waals surface area (Å²) in [4.78, 5) is 21.7. The van der Waals surface area contributed by atoms with Gasteiger partial charge < -0.3 is 4.74 Å². The fourth-order valence-corrected chi connectivity index (χ4v) is 4.17. The number of thioether (sulfide) groups is 1. The molecule has 0 N–H and O–H groups in total. The van der Waals surface area contributed by atoms with Crippen LogP contribution in [0.15, 0.2) is 29.4 Å². The molecule has 1 aliphatic heterocycles. The van der Waals surface area contributed by atoms with Gasteiger partial charge >= 0.3 is 6.09 Å². The number of carbonyl (C=O) groups is 1. The number of alkyl halides is 3. The molecule has 30 heavy (non-hydrogen) atoms. The van der Waals surface area contributed by atoms with Gasteiger partial charge in [0.2, 0.25) is 6.30 Å². The number of halogens is 3. The fraction of sp³-hybridized carbons (Fsp3) is 0.400. The Labute approximate surface area is 175 Å². The molecule has 3 heterocycles. The first-order valence-electron chi connectivity index (χ1n) is 9.32. The number of hydrogen-bond acceptors (Lipinski definition) is 6. The van der Waals surface area contributed by atoms with Crippen molar-refractivity contribution in [3.05, 3.63) is 35.7 Å². The van der Waals surface area contributed by atoms with E-state index in [9.17, 15) is 23.2 Å². The van der Waals surface area contributed by atoms with Crippen LogP contribution in [0, 0.1) is 11.3 Å². The third kappa shape index (κ3) is 3.47. The minimum atomic E-state index is -3.38. The summed E-state index contributed by atoms with van der Waals surface area (Å²) in [5, 5.41) is 9.45. The number of carbonyl (C=O) groups excluding carboxylic acids is 1. The van der Waals surface area contributed by atoms with Gasteiger partial charge in [-0.2, -0.15) is 5.26 Å². The maximum absolute atomic E-state index is 13.9. The quantitative estimate of drug-likeness (QED) is 0.479. The van der Waals surface area contributed by atoms with E-state index >= 15 is 0 Å². The predicted molar refractivity (Wildman–Crippen MR) is 104 cm³/mol. The topological polar surface area (TPSA) is 79.1 Å². The van der Waals surface area contributed by atoms with Gasteiger partial charge in [0.1, 0.15) is 12.3 Å². The van der Waals surface area contributed by atoms with Crippen LogP contribution in [0.1, 0.15) is 30.9 Å². The van der Waals surface area contributed by atoms with E-state index in [1.807, 2.05) is 13.0 Å². The Bertz CT molecular complexity index is 1040. The number of ether oxygens (including phenoxy) is 1. The Morgan fingerprint density at radius 1 is 1.30 bits per heavy atom. The standard InChI is InChI=1S/C20H17F3N4O2S/c1-2-30-15-6-12(20(10-24)3-4-20)7-26-16(15)13-5-11-9-29-19(28)27(14(11)8-25-13)18(23)17(21)22/h5-8,17-18H,2-4,9H2,1H3. The highest BCUT2D eigenvalue weighted by Crippen LogP contribution is 2.48. The highest BCUT2D eigenvalue weighted by atomic mass is 32.2. The summed E-state index contributed by atoms with van der Waals surface area (Å²) >= 11 is 1.55. The minimum Gasteiger partial charge on any atom is -0.444 e. The lowest BCUT2D eigenvalue weighted by Crippen LogP contribution is -2.45. The molecular weight excluding hydrogens is 417 g/mol. The van der Waals surface area contributed by atoms with Crippen molar-refractivity contribution in [1.29, 1.82) is 5.26 Å². The van der Waals surface area contributed by atoms with E-state index < -0.39 is 24.2 Å². The number of pyridine rings is 2. The molecular formula is C20H17F3N4O2S. The summed E-state index contributed by atoms with van der Waals surface area (Å²) in [6.07, 6.45) is -2.93. The largest absolute Gasteiger partial charge is 0.444 e. The van der Waals surface area contributed by atoms with Gasteiger partial charge in [0.15, 0.2) is 0 Å². The second-order valence-corrected chi connectivity index (χ2v) is 8.33. The number of cyclic esters (lactones) is 1. The van der Waals surface area contributed by atoms with Gasteiger partial charge in [-0.25, -0.2) is 22.9 Å². The molecule has 1 atom stereocenters. The van der Waals surface area contributed by atoms with Crippen LogP contribution in [0.3, 0.4) is 0 Å². The van der Waals surface area contributed by atoms with Crippen molar-refractivity contribution in [1.82, 2.24) is 9.97 Å². The van der Waals surface area contributed by atoms with Crippen molar-refractivity contribution >= 4 is 23.5 Å². The van der Waals surface area contributed by atoms with Gasteiger partial charge in [-0.05, 0) is 36.3 Å². The van der Waals surface area contributed by atoms with Crippen molar-refractivity contribution in [2.24, 2.45) is 0 Å². The SMILES string of the molecule is CCSc1cc(C2(C#N)CC2)cnc1-c1cc2c(cn1)N(C(F)C(F)F)C(=O)OC2. The highest BCUT2D eigenvalue weighted by Gasteiger charge is 2.45. The number of fused-ring (bicyclic) bond motifs is 1. The highest BCUT2D eigenvalue weighted by molar-refractivity contribution is 7.99. The lowest BCUT2D eigenvalue weighted by molar-refractivity contribution is 0.0406. The molecule has 0 radical (unpaired) electrons. The van der Waals surface area contributed by atoms with Gasteiger partial charge in [-0.1, -0.05) is 6.92 Å². The van der Waals surface area contributed by atoms with Crippen molar-refractivity contribution in [3.63, 3.8) is 0 Å². The third-order valence-corrected chi connectivity index (χ3v) is 6.05. The van der Waals surface area contributed by atoms with Gasteiger partial charge in [0, 0.05) is 16.7 Å². The van der Waals surface area contributed by atoms with E-state index in [-0.39, 0.29) is 17.2 Å². The van der Waals surface area contributed by atoms with E-state index in [0.717, 1.165) is 29.1 Å². The van der Waals surface area contributed by atoms with E-state index in [1.54, 1.807) is 24.0 Å². The second kappa shape index (κ2) is 7.80. The summed E-state index contributed by atoms with van der Waals surface area (Å²) in [6.45, 7) is 1.81. The van der Waals surface area contributed by atoms with Crippen LogP contribution < -0.4 is 4.90 Å². The first-order chi connectivity index (χ1) is 14.4. The van der Waals surface area contributed by atoms with E-state index in [1.165, 1.54) is 6.20 Å². The number of anilines is 1. The minimum absolute atomic E-state index is 0.0504. The van der Waals surface area contributed by atoms with Crippen LogP contribution in [0.25, 0.3) is 11.4 Å². The van der Waals surface area contributed by atoms with Crippen LogP contribution in [0.2, 0.25) is 0 Å². The smallest absolute Gasteiger partial charge is 0.417 e. The molecule has 156 valence electrons. The van der Waals surface area contributed by atoms with E-state index in [4.69, 9.17) is 4.74 Å². The number of rotatable bonds is 6. The second-order valence-electron chi connectivity index (χ2n) is 7.03. The first-order valence-corrected chi connectivity index (χ1v) is 10.3. The molecule has 0 bridgehead atoms. The molecule has 4 rings (SSSR count). The average Bonchev–Trinajstić information content (AvgIpc) is 3.54. The van der Waals surface area contributed by atoms with Crippen LogP contribution in [0.4, 0.5) is 23.7 Å². The Morgan fingerprint density at radius 2 is 2.07 bits per heavy atom. The summed E-state index contributed by atoms with van der Waals surface area (Å²) in [5.74, 6) is 0.770. The van der Waals surface area contributed by atoms with Crippen LogP contribution in [0.5, 0.6) is 0 Å². The molecule has 0 saturated heterocycles. The molecule has 0 spiro atoms. The fourth-order valence-electron chi connectivity index (χ4n) is 3.36. The number of amides is 1. The lowest BCUT2D eigenvalue weighted by atomic mass is 9.99. The summed E-state index contributed by atoms with van der Waals surface area (Å²) in [5.41, 5.74) is 1.71. The molecule has 1 aliphatic carbocycles. The molecule has 2 aromatic rings. The maximum Gasteiger partial charge on any atom is 0.417 e. The summed E-state index contributed by atoms with van der Waals surface area (Å²) in [7, 11) is 0. The van der Waals surface area contributed by atoms with Crippen molar-refractivity contribution in [2.45, 2.75) is 49.4 Å². The van der Waals surface area contributed by atoms with E-state index in [0.29, 0.717) is 17.0 Å². The average molecular weight is 434 g/mol. The van der Waals surface area contributed by atoms with Gasteiger partial charge in [-0.15, -0.1) is 11.8 Å². The Kier molecular flexibility index (Phi) is 5.32. The zero-order chi connectivity index (χ0) is 21.5. The van der Waals surface area contributed by atoms with Gasteiger partial charge in [0.05, 0.1) is 29.1 Å². The zero-order valence-electron chi connectivity index (χ0n) is 15.9. The van der Waals surface area contributed by atoms with Crippen molar-refractivity contribution < 1.29 is 22.7 Å². The van der Waals surface area contributed by atoms with Crippen molar-refractivity contribution in [2.75, 3.05) is 10.7 Å². The van der Waals surface area contributed by atoms with Crippen LogP contribution in [-0.4, -0.2) is 34.5 Å². The molecule has 2 aliphatic rings. The summed E-state index contributed by atoms with van der Waals surface area (Å²) in [6, 6.07) is 5.85. The van der Waals surface area contributed by atoms with E-state index in [2.05, 4.69) is 16.0 Å². The Balaban J connectivity index is 1.74. The monoisotopic (exact) mass is 434 g/mol. The molecule has 0 aromatic carbocycles. The molecule has 1 fully saturated rings. The number of nitriles is 1. The molecule has 10 heteroatoms. The first kappa shape index (κ1) is 20.5. The molecule has 6 nitrogen and oxygen atoms in total. The molecule has 1 amide bonds. The summed E-state index contributed by atoms with van der Waals surface area (Å²) < 4.78 is 44.5. The normalized spacial score (nSPS) is 17.9. The van der Waals surface area contributed by atoms with Gasteiger partial charge in [-0.3, -0.25) is 9.97 Å². The van der Waals surface area contributed by atoms with Gasteiger partial charge in [0.25, 0.3) is 6.43 Å². The maximum atomic E-state index is 13.9. The predicted octanol–water partition coefficient (Wildman–Crippen LogP) is 4.83. The Hall–Kier alpha value is -2.80. The molecule has 1 saturated carbocycles. The zero-order valence-corrected chi connectivity index (χ0v) is 16.8. The Morgan fingerprint density at radius 3 is 2.70 bits per heavy atom. The molecule has 2 aromatic heterocycles.